The zero-order valence-corrected chi connectivity index (χ0v) is 10.8. The summed E-state index contributed by atoms with van der Waals surface area (Å²) in [5.41, 5.74) is 1.58. The summed E-state index contributed by atoms with van der Waals surface area (Å²) >= 11 is 0. The molecule has 1 aliphatic rings. The van der Waals surface area contributed by atoms with Gasteiger partial charge in [0.1, 0.15) is 5.76 Å². The predicted molar refractivity (Wildman–Crippen MR) is 64.9 cm³/mol. The van der Waals surface area contributed by atoms with Crippen molar-refractivity contribution in [3.8, 4) is 0 Å². The minimum absolute atomic E-state index is 0.00843. The number of fused-ring (bicyclic) bond motifs is 1. The van der Waals surface area contributed by atoms with E-state index in [9.17, 15) is 4.79 Å². The van der Waals surface area contributed by atoms with Gasteiger partial charge in [-0.1, -0.05) is 12.1 Å². The molecule has 0 spiro atoms. The number of hydrogen-bond donors (Lipinski definition) is 0. The second-order valence-electron chi connectivity index (χ2n) is 4.76. The summed E-state index contributed by atoms with van der Waals surface area (Å²) in [5.74, 6) is 1.54. The highest BCUT2D eigenvalue weighted by Crippen LogP contribution is 2.28. The maximum absolute atomic E-state index is 12.3. The SMILES string of the molecule is CCN(CC)C(=O)c1noc2c1C[C@@H](C)CC2. The summed E-state index contributed by atoms with van der Waals surface area (Å²) in [6.07, 6.45) is 2.96. The fourth-order valence-corrected chi connectivity index (χ4v) is 2.41. The van der Waals surface area contributed by atoms with Gasteiger partial charge in [0.2, 0.25) is 0 Å². The van der Waals surface area contributed by atoms with Gasteiger partial charge in [0, 0.05) is 25.1 Å². The number of hydrogen-bond acceptors (Lipinski definition) is 3. The van der Waals surface area contributed by atoms with E-state index in [0.717, 1.165) is 30.6 Å². The first-order chi connectivity index (χ1) is 8.17. The van der Waals surface area contributed by atoms with Crippen molar-refractivity contribution < 1.29 is 9.32 Å². The minimum atomic E-state index is 0.00843. The third-order valence-electron chi connectivity index (χ3n) is 3.54. The highest BCUT2D eigenvalue weighted by molar-refractivity contribution is 5.93. The Morgan fingerprint density at radius 1 is 1.47 bits per heavy atom. The van der Waals surface area contributed by atoms with E-state index >= 15 is 0 Å². The third kappa shape index (κ3) is 2.21. The van der Waals surface area contributed by atoms with Crippen molar-refractivity contribution in [3.05, 3.63) is 17.0 Å². The normalized spacial score (nSPS) is 18.9. The molecular formula is C13H20N2O2. The largest absolute Gasteiger partial charge is 0.360 e. The molecule has 1 atom stereocenters. The molecule has 17 heavy (non-hydrogen) atoms. The molecular weight excluding hydrogens is 216 g/mol. The van der Waals surface area contributed by atoms with Crippen LogP contribution in [-0.4, -0.2) is 29.1 Å². The van der Waals surface area contributed by atoms with Crippen LogP contribution in [0.15, 0.2) is 4.52 Å². The first kappa shape index (κ1) is 12.1. The van der Waals surface area contributed by atoms with E-state index in [1.165, 1.54) is 0 Å². The molecule has 4 nitrogen and oxygen atoms in total. The summed E-state index contributed by atoms with van der Waals surface area (Å²) in [5, 5.41) is 3.98. The number of aryl methyl sites for hydroxylation is 1. The molecule has 0 fully saturated rings. The molecule has 4 heteroatoms. The number of rotatable bonds is 3. The zero-order chi connectivity index (χ0) is 12.4. The summed E-state index contributed by atoms with van der Waals surface area (Å²) in [4.78, 5) is 14.0. The Kier molecular flexibility index (Phi) is 3.50. The van der Waals surface area contributed by atoms with Crippen LogP contribution in [0, 0.1) is 5.92 Å². The molecule has 1 aromatic heterocycles. The van der Waals surface area contributed by atoms with Crippen molar-refractivity contribution in [2.75, 3.05) is 13.1 Å². The van der Waals surface area contributed by atoms with E-state index < -0.39 is 0 Å². The summed E-state index contributed by atoms with van der Waals surface area (Å²) < 4.78 is 5.30. The van der Waals surface area contributed by atoms with Gasteiger partial charge in [-0.3, -0.25) is 4.79 Å². The van der Waals surface area contributed by atoms with Gasteiger partial charge in [-0.25, -0.2) is 0 Å². The average molecular weight is 236 g/mol. The van der Waals surface area contributed by atoms with E-state index in [1.807, 2.05) is 13.8 Å². The number of carbonyl (C=O) groups is 1. The van der Waals surface area contributed by atoms with E-state index in [1.54, 1.807) is 4.90 Å². The topological polar surface area (TPSA) is 46.3 Å². The lowest BCUT2D eigenvalue weighted by atomic mass is 9.88. The quantitative estimate of drug-likeness (QED) is 0.808. The second-order valence-corrected chi connectivity index (χ2v) is 4.76. The van der Waals surface area contributed by atoms with Crippen LogP contribution in [0.4, 0.5) is 0 Å². The molecule has 0 N–H and O–H groups in total. The van der Waals surface area contributed by atoms with Crippen LogP contribution in [0.3, 0.4) is 0 Å². The lowest BCUT2D eigenvalue weighted by molar-refractivity contribution is 0.0761. The summed E-state index contributed by atoms with van der Waals surface area (Å²) in [6.45, 7) is 7.60. The maximum atomic E-state index is 12.3. The molecule has 0 radical (unpaired) electrons. The van der Waals surface area contributed by atoms with Crippen molar-refractivity contribution in [3.63, 3.8) is 0 Å². The predicted octanol–water partition coefficient (Wildman–Crippen LogP) is 2.28. The number of carbonyl (C=O) groups excluding carboxylic acids is 1. The van der Waals surface area contributed by atoms with Gasteiger partial charge < -0.3 is 9.42 Å². The van der Waals surface area contributed by atoms with E-state index in [4.69, 9.17) is 4.52 Å². The standard InChI is InChI=1S/C13H20N2O2/c1-4-15(5-2)13(16)12-10-8-9(3)6-7-11(10)17-14-12/h9H,4-8H2,1-3H3/t9-/m0/s1. The third-order valence-corrected chi connectivity index (χ3v) is 3.54. The first-order valence-electron chi connectivity index (χ1n) is 6.44. The van der Waals surface area contributed by atoms with Crippen LogP contribution in [-0.2, 0) is 12.8 Å². The average Bonchev–Trinajstić information content (AvgIpc) is 2.73. The van der Waals surface area contributed by atoms with Gasteiger partial charge in [-0.15, -0.1) is 0 Å². The number of nitrogens with zero attached hydrogens (tertiary/aromatic N) is 2. The van der Waals surface area contributed by atoms with Crippen molar-refractivity contribution in [2.45, 2.75) is 40.0 Å². The molecule has 0 saturated carbocycles. The number of aromatic nitrogens is 1. The Bertz CT molecular complexity index is 408. The van der Waals surface area contributed by atoms with E-state index in [-0.39, 0.29) is 5.91 Å². The van der Waals surface area contributed by atoms with Gasteiger partial charge in [-0.2, -0.15) is 0 Å². The molecule has 1 heterocycles. The van der Waals surface area contributed by atoms with Crippen LogP contribution >= 0.6 is 0 Å². The maximum Gasteiger partial charge on any atom is 0.276 e. The molecule has 1 aromatic rings. The smallest absolute Gasteiger partial charge is 0.276 e. The molecule has 0 bridgehead atoms. The van der Waals surface area contributed by atoms with Crippen LogP contribution in [0.1, 0.15) is 49.0 Å². The van der Waals surface area contributed by atoms with E-state index in [0.29, 0.717) is 24.7 Å². The molecule has 1 aliphatic carbocycles. The molecule has 1 amide bonds. The summed E-state index contributed by atoms with van der Waals surface area (Å²) in [7, 11) is 0. The lowest BCUT2D eigenvalue weighted by Crippen LogP contribution is -2.31. The lowest BCUT2D eigenvalue weighted by Gasteiger charge is -2.20. The van der Waals surface area contributed by atoms with Crippen LogP contribution in [0.5, 0.6) is 0 Å². The Balaban J connectivity index is 2.28. The van der Waals surface area contributed by atoms with E-state index in [2.05, 4.69) is 12.1 Å². The number of amides is 1. The molecule has 2 rings (SSSR count). The Labute approximate surface area is 102 Å². The molecule has 0 unspecified atom stereocenters. The molecule has 0 aliphatic heterocycles. The first-order valence-corrected chi connectivity index (χ1v) is 6.44. The van der Waals surface area contributed by atoms with Crippen LogP contribution in [0.2, 0.25) is 0 Å². The zero-order valence-electron chi connectivity index (χ0n) is 10.8. The Hall–Kier alpha value is -1.32. The highest BCUT2D eigenvalue weighted by Gasteiger charge is 2.28. The van der Waals surface area contributed by atoms with Gasteiger partial charge in [0.05, 0.1) is 0 Å². The minimum Gasteiger partial charge on any atom is -0.360 e. The van der Waals surface area contributed by atoms with Crippen molar-refractivity contribution >= 4 is 5.91 Å². The van der Waals surface area contributed by atoms with Gasteiger partial charge in [-0.05, 0) is 32.6 Å². The summed E-state index contributed by atoms with van der Waals surface area (Å²) in [6, 6.07) is 0. The fraction of sp³-hybridized carbons (Fsp3) is 0.692. The van der Waals surface area contributed by atoms with Gasteiger partial charge >= 0.3 is 0 Å². The van der Waals surface area contributed by atoms with Crippen LogP contribution < -0.4 is 0 Å². The van der Waals surface area contributed by atoms with Crippen molar-refractivity contribution in [1.82, 2.24) is 10.1 Å². The second kappa shape index (κ2) is 4.90. The van der Waals surface area contributed by atoms with Gasteiger partial charge in [0.15, 0.2) is 5.69 Å². The Morgan fingerprint density at radius 3 is 2.82 bits per heavy atom. The van der Waals surface area contributed by atoms with Crippen LogP contribution in [0.25, 0.3) is 0 Å². The molecule has 0 aromatic carbocycles. The Morgan fingerprint density at radius 2 is 2.18 bits per heavy atom. The van der Waals surface area contributed by atoms with Gasteiger partial charge in [0.25, 0.3) is 5.91 Å². The highest BCUT2D eigenvalue weighted by atomic mass is 16.5. The molecule has 0 saturated heterocycles. The van der Waals surface area contributed by atoms with Crippen molar-refractivity contribution in [2.24, 2.45) is 5.92 Å². The fourth-order valence-electron chi connectivity index (χ4n) is 2.41. The molecule has 94 valence electrons. The monoisotopic (exact) mass is 236 g/mol. The van der Waals surface area contributed by atoms with Crippen molar-refractivity contribution in [1.29, 1.82) is 0 Å².